The maximum Gasteiger partial charge on any atom is 0.363 e. The minimum Gasteiger partial charge on any atom is -0.378 e. The highest BCUT2D eigenvalue weighted by Crippen LogP contribution is 2.25. The monoisotopic (exact) mass is 360 g/mol. The Kier molecular flexibility index (Phi) is 3.88. The van der Waals surface area contributed by atoms with E-state index in [0.717, 1.165) is 16.5 Å². The van der Waals surface area contributed by atoms with Gasteiger partial charge in [-0.25, -0.2) is 4.79 Å². The molecule has 0 saturated heterocycles. The lowest BCUT2D eigenvalue weighted by Crippen LogP contribution is -2.32. The number of nitrogens with zero attached hydrogens (tertiary/aromatic N) is 2. The quantitative estimate of drug-likeness (QED) is 0.671. The number of hydroxylamine groups is 2. The van der Waals surface area contributed by atoms with E-state index in [2.05, 4.69) is 0 Å². The second-order valence-electron chi connectivity index (χ2n) is 6.47. The summed E-state index contributed by atoms with van der Waals surface area (Å²) in [6.07, 6.45) is 0. The Morgan fingerprint density at radius 1 is 0.852 bits per heavy atom. The molecule has 134 valence electrons. The Morgan fingerprint density at radius 2 is 1.44 bits per heavy atom. The molecule has 0 radical (unpaired) electrons. The average molecular weight is 360 g/mol. The molecule has 0 spiro atoms. The molecule has 1 heterocycles. The summed E-state index contributed by atoms with van der Waals surface area (Å²) in [7, 11) is 3.91. The molecule has 4 rings (SSSR count). The number of amides is 2. The molecule has 27 heavy (non-hydrogen) atoms. The number of benzene rings is 3. The molecular weight excluding hydrogens is 344 g/mol. The third-order valence-corrected chi connectivity index (χ3v) is 4.51. The molecule has 6 nitrogen and oxygen atoms in total. The molecular formula is C21H16N2O4. The number of rotatable bonds is 3. The lowest BCUT2D eigenvalue weighted by molar-refractivity contribution is -0.0584. The molecule has 0 aliphatic carbocycles. The number of hydrogen-bond acceptors (Lipinski definition) is 5. The Labute approximate surface area is 155 Å². The van der Waals surface area contributed by atoms with E-state index in [4.69, 9.17) is 4.84 Å². The molecule has 0 fully saturated rings. The number of hydrogen-bond donors (Lipinski definition) is 0. The largest absolute Gasteiger partial charge is 0.378 e. The number of imide groups is 1. The fourth-order valence-electron chi connectivity index (χ4n) is 3.02. The van der Waals surface area contributed by atoms with Crippen molar-refractivity contribution < 1.29 is 19.2 Å². The van der Waals surface area contributed by atoms with E-state index in [-0.39, 0.29) is 16.7 Å². The van der Waals surface area contributed by atoms with Crippen LogP contribution in [0.3, 0.4) is 0 Å². The Balaban J connectivity index is 1.59. The molecule has 1 aliphatic heterocycles. The van der Waals surface area contributed by atoms with Crippen LogP contribution in [-0.2, 0) is 4.84 Å². The smallest absolute Gasteiger partial charge is 0.363 e. The van der Waals surface area contributed by atoms with Gasteiger partial charge < -0.3 is 9.74 Å². The molecule has 0 bridgehead atoms. The van der Waals surface area contributed by atoms with E-state index >= 15 is 0 Å². The first-order valence-corrected chi connectivity index (χ1v) is 8.37. The van der Waals surface area contributed by atoms with E-state index in [9.17, 15) is 14.4 Å². The van der Waals surface area contributed by atoms with Crippen LogP contribution in [0.25, 0.3) is 10.8 Å². The molecule has 3 aromatic rings. The second-order valence-corrected chi connectivity index (χ2v) is 6.47. The van der Waals surface area contributed by atoms with Crippen molar-refractivity contribution in [3.8, 4) is 0 Å². The molecule has 0 atom stereocenters. The summed E-state index contributed by atoms with van der Waals surface area (Å²) in [4.78, 5) is 44.2. The molecule has 6 heteroatoms. The maximum atomic E-state index is 12.5. The third-order valence-electron chi connectivity index (χ3n) is 4.51. The number of carbonyl (C=O) groups excluding carboxylic acids is 3. The van der Waals surface area contributed by atoms with Crippen LogP contribution in [0.4, 0.5) is 5.69 Å². The second kappa shape index (κ2) is 6.25. The van der Waals surface area contributed by atoms with Gasteiger partial charge in [0.1, 0.15) is 0 Å². The van der Waals surface area contributed by atoms with Crippen molar-refractivity contribution in [1.82, 2.24) is 5.06 Å². The normalized spacial score (nSPS) is 13.0. The van der Waals surface area contributed by atoms with Crippen LogP contribution in [0.5, 0.6) is 0 Å². The summed E-state index contributed by atoms with van der Waals surface area (Å²) in [5.74, 6) is -2.04. The standard InChI is InChI=1S/C21H16N2O4/c1-22(2)16-10-9-13-11-15(8-7-14(13)12-16)21(26)27-23-19(24)17-5-3-4-6-18(17)20(23)25/h3-12H,1-2H3. The SMILES string of the molecule is CN(C)c1ccc2cc(C(=O)ON3C(=O)c4ccccc4C3=O)ccc2c1. The van der Waals surface area contributed by atoms with Gasteiger partial charge in [0, 0.05) is 19.8 Å². The lowest BCUT2D eigenvalue weighted by Gasteiger charge is -2.14. The zero-order valence-corrected chi connectivity index (χ0v) is 14.8. The summed E-state index contributed by atoms with van der Waals surface area (Å²) < 4.78 is 0. The van der Waals surface area contributed by atoms with Crippen molar-refractivity contribution in [2.75, 3.05) is 19.0 Å². The number of anilines is 1. The first kappa shape index (κ1) is 16.8. The number of fused-ring (bicyclic) bond motifs is 2. The predicted molar refractivity (Wildman–Crippen MR) is 101 cm³/mol. The zero-order chi connectivity index (χ0) is 19.1. The van der Waals surface area contributed by atoms with Crippen LogP contribution >= 0.6 is 0 Å². The van der Waals surface area contributed by atoms with Gasteiger partial charge in [0.2, 0.25) is 0 Å². The van der Waals surface area contributed by atoms with Gasteiger partial charge in [0.15, 0.2) is 0 Å². The summed E-state index contributed by atoms with van der Waals surface area (Å²) >= 11 is 0. The minimum absolute atomic E-state index is 0.227. The molecule has 0 saturated carbocycles. The van der Waals surface area contributed by atoms with E-state index in [0.29, 0.717) is 5.06 Å². The molecule has 0 aromatic heterocycles. The van der Waals surface area contributed by atoms with Gasteiger partial charge in [0.25, 0.3) is 11.8 Å². The maximum absolute atomic E-state index is 12.5. The third kappa shape index (κ3) is 2.81. The van der Waals surface area contributed by atoms with Crippen LogP contribution in [0, 0.1) is 0 Å². The van der Waals surface area contributed by atoms with Crippen molar-refractivity contribution in [3.63, 3.8) is 0 Å². The van der Waals surface area contributed by atoms with E-state index in [1.54, 1.807) is 30.3 Å². The number of carbonyl (C=O) groups is 3. The van der Waals surface area contributed by atoms with Crippen LogP contribution in [0.1, 0.15) is 31.1 Å². The van der Waals surface area contributed by atoms with Crippen molar-refractivity contribution in [1.29, 1.82) is 0 Å². The van der Waals surface area contributed by atoms with Crippen molar-refractivity contribution in [2.45, 2.75) is 0 Å². The Hall–Kier alpha value is -3.67. The minimum atomic E-state index is -0.761. The van der Waals surface area contributed by atoms with E-state index in [1.165, 1.54) is 12.1 Å². The summed E-state index contributed by atoms with van der Waals surface area (Å²) in [6.45, 7) is 0. The molecule has 1 aliphatic rings. The topological polar surface area (TPSA) is 66.9 Å². The van der Waals surface area contributed by atoms with E-state index in [1.807, 2.05) is 37.2 Å². The average Bonchev–Trinajstić information content (AvgIpc) is 2.92. The first-order chi connectivity index (χ1) is 13.0. The van der Waals surface area contributed by atoms with Gasteiger partial charge >= 0.3 is 5.97 Å². The van der Waals surface area contributed by atoms with Gasteiger partial charge in [-0.05, 0) is 47.2 Å². The van der Waals surface area contributed by atoms with Gasteiger partial charge in [-0.1, -0.05) is 29.3 Å². The van der Waals surface area contributed by atoms with Crippen LogP contribution in [0.15, 0.2) is 60.7 Å². The van der Waals surface area contributed by atoms with Crippen molar-refractivity contribution in [2.24, 2.45) is 0 Å². The molecule has 0 unspecified atom stereocenters. The summed E-state index contributed by atoms with van der Waals surface area (Å²) in [6, 6.07) is 17.3. The predicted octanol–water partition coefficient (Wildman–Crippen LogP) is 3.27. The highest BCUT2D eigenvalue weighted by molar-refractivity contribution is 6.21. The highest BCUT2D eigenvalue weighted by Gasteiger charge is 2.38. The van der Waals surface area contributed by atoms with Crippen molar-refractivity contribution in [3.05, 3.63) is 77.4 Å². The Bertz CT molecular complexity index is 1070. The van der Waals surface area contributed by atoms with Crippen LogP contribution in [0.2, 0.25) is 0 Å². The first-order valence-electron chi connectivity index (χ1n) is 8.37. The van der Waals surface area contributed by atoms with Gasteiger partial charge in [-0.2, -0.15) is 0 Å². The summed E-state index contributed by atoms with van der Waals surface area (Å²) in [5, 5.41) is 2.35. The molecule has 2 amide bonds. The molecule has 3 aromatic carbocycles. The van der Waals surface area contributed by atoms with E-state index < -0.39 is 17.8 Å². The summed E-state index contributed by atoms with van der Waals surface area (Å²) in [5.41, 5.74) is 1.76. The highest BCUT2D eigenvalue weighted by atomic mass is 16.7. The van der Waals surface area contributed by atoms with Crippen molar-refractivity contribution >= 4 is 34.2 Å². The lowest BCUT2D eigenvalue weighted by atomic mass is 10.1. The van der Waals surface area contributed by atoms with Gasteiger partial charge in [-0.3, -0.25) is 9.59 Å². The fourth-order valence-corrected chi connectivity index (χ4v) is 3.02. The molecule has 0 N–H and O–H groups in total. The van der Waals surface area contributed by atoms with Crippen LogP contribution < -0.4 is 4.90 Å². The zero-order valence-electron chi connectivity index (χ0n) is 14.8. The fraction of sp³-hybridized carbons (Fsp3) is 0.0952. The van der Waals surface area contributed by atoms with Gasteiger partial charge in [0.05, 0.1) is 16.7 Å². The Morgan fingerprint density at radius 3 is 2.07 bits per heavy atom. The van der Waals surface area contributed by atoms with Gasteiger partial charge in [-0.15, -0.1) is 0 Å². The van der Waals surface area contributed by atoms with Crippen LogP contribution in [-0.4, -0.2) is 36.9 Å².